The highest BCUT2D eigenvalue weighted by molar-refractivity contribution is 5.92. The zero-order chi connectivity index (χ0) is 13.0. The van der Waals surface area contributed by atoms with Crippen LogP contribution >= 0.6 is 0 Å². The molecular formula is C12H10O6. The topological polar surface area (TPSA) is 82.1 Å². The van der Waals surface area contributed by atoms with E-state index >= 15 is 0 Å². The van der Waals surface area contributed by atoms with Gasteiger partial charge in [-0.15, -0.1) is 0 Å². The fourth-order valence-electron chi connectivity index (χ4n) is 1.29. The van der Waals surface area contributed by atoms with Crippen molar-refractivity contribution in [2.45, 2.75) is 5.97 Å². The lowest BCUT2D eigenvalue weighted by Crippen LogP contribution is -2.46. The van der Waals surface area contributed by atoms with Crippen molar-refractivity contribution in [3.8, 4) is 5.75 Å². The van der Waals surface area contributed by atoms with Crippen molar-refractivity contribution >= 4 is 11.9 Å². The Kier molecular flexibility index (Phi) is 3.29. The van der Waals surface area contributed by atoms with Gasteiger partial charge in [0.25, 0.3) is 0 Å². The summed E-state index contributed by atoms with van der Waals surface area (Å²) >= 11 is 0. The quantitative estimate of drug-likeness (QED) is 0.603. The van der Waals surface area contributed by atoms with E-state index in [4.69, 9.17) is 4.74 Å². The Morgan fingerprint density at radius 2 is 1.78 bits per heavy atom. The fourth-order valence-corrected chi connectivity index (χ4v) is 1.29. The van der Waals surface area contributed by atoms with Crippen LogP contribution in [0.4, 0.5) is 0 Å². The summed E-state index contributed by atoms with van der Waals surface area (Å²) in [6.45, 7) is -0.614. The molecule has 0 aromatic heterocycles. The minimum Gasteiger partial charge on any atom is -0.451 e. The van der Waals surface area contributed by atoms with Crippen LogP contribution < -0.4 is 4.74 Å². The molecule has 1 aliphatic heterocycles. The highest BCUT2D eigenvalue weighted by atomic mass is 16.8. The van der Waals surface area contributed by atoms with Crippen LogP contribution in [0.15, 0.2) is 42.5 Å². The number of benzene rings is 1. The number of hydrogen-bond acceptors (Lipinski definition) is 6. The number of esters is 2. The average molecular weight is 250 g/mol. The van der Waals surface area contributed by atoms with Gasteiger partial charge in [-0.2, -0.15) is 0 Å². The van der Waals surface area contributed by atoms with Crippen molar-refractivity contribution in [1.82, 2.24) is 0 Å². The third-order valence-electron chi connectivity index (χ3n) is 2.03. The van der Waals surface area contributed by atoms with Gasteiger partial charge in [-0.1, -0.05) is 18.2 Å². The second kappa shape index (κ2) is 4.89. The summed E-state index contributed by atoms with van der Waals surface area (Å²) in [4.78, 5) is 22.3. The van der Waals surface area contributed by atoms with Gasteiger partial charge in [-0.05, 0) is 12.1 Å². The third kappa shape index (κ3) is 3.08. The number of cyclic esters (lactones) is 2. The number of para-hydroxylation sites is 1. The zero-order valence-corrected chi connectivity index (χ0v) is 9.24. The zero-order valence-electron chi connectivity index (χ0n) is 9.24. The fraction of sp³-hybridized carbons (Fsp3) is 0.167. The maximum atomic E-state index is 11.2. The monoisotopic (exact) mass is 250 g/mol. The number of hydrogen-bond donors (Lipinski definition) is 1. The van der Waals surface area contributed by atoms with E-state index < -0.39 is 24.5 Å². The van der Waals surface area contributed by atoms with Gasteiger partial charge in [0.15, 0.2) is 6.61 Å². The Hall–Kier alpha value is -2.34. The number of carbonyl (C=O) groups is 2. The molecular weight excluding hydrogens is 240 g/mol. The van der Waals surface area contributed by atoms with E-state index in [0.717, 1.165) is 12.2 Å². The third-order valence-corrected chi connectivity index (χ3v) is 2.03. The molecule has 2 rings (SSSR count). The number of rotatable bonds is 2. The summed E-state index contributed by atoms with van der Waals surface area (Å²) in [5.41, 5.74) is 0. The molecule has 0 bridgehead atoms. The molecule has 0 spiro atoms. The molecule has 1 aliphatic rings. The van der Waals surface area contributed by atoms with E-state index in [9.17, 15) is 14.7 Å². The summed E-state index contributed by atoms with van der Waals surface area (Å²) in [5, 5.41) is 9.94. The Morgan fingerprint density at radius 1 is 1.11 bits per heavy atom. The van der Waals surface area contributed by atoms with E-state index in [1.165, 1.54) is 0 Å². The first-order valence-corrected chi connectivity index (χ1v) is 5.12. The van der Waals surface area contributed by atoms with Gasteiger partial charge in [-0.3, -0.25) is 0 Å². The first-order chi connectivity index (χ1) is 8.57. The van der Waals surface area contributed by atoms with Crippen LogP contribution in [0.5, 0.6) is 5.75 Å². The maximum absolute atomic E-state index is 11.2. The van der Waals surface area contributed by atoms with Gasteiger partial charge >= 0.3 is 17.9 Å². The number of aliphatic hydroxyl groups is 1. The van der Waals surface area contributed by atoms with Gasteiger partial charge in [0.2, 0.25) is 0 Å². The largest absolute Gasteiger partial charge is 0.451 e. The average Bonchev–Trinajstić information content (AvgIpc) is 2.34. The predicted octanol–water partition coefficient (Wildman–Crippen LogP) is 0.368. The van der Waals surface area contributed by atoms with Crippen molar-refractivity contribution in [2.24, 2.45) is 0 Å². The second-order valence-electron chi connectivity index (χ2n) is 3.49. The molecule has 6 nitrogen and oxygen atoms in total. The summed E-state index contributed by atoms with van der Waals surface area (Å²) in [7, 11) is 0. The van der Waals surface area contributed by atoms with Crippen molar-refractivity contribution < 1.29 is 28.9 Å². The molecule has 0 saturated heterocycles. The molecule has 0 fully saturated rings. The molecule has 1 atom stereocenters. The minimum absolute atomic E-state index is 0.272. The first kappa shape index (κ1) is 12.1. The molecule has 1 aromatic rings. The molecule has 94 valence electrons. The normalized spacial score (nSPS) is 25.4. The van der Waals surface area contributed by atoms with E-state index in [1.54, 1.807) is 30.3 Å². The SMILES string of the molecule is O=C1/C=C\C(=O)OC(O)(Oc2ccccc2)CO1. The maximum Gasteiger partial charge on any atom is 0.408 e. The predicted molar refractivity (Wildman–Crippen MR) is 58.2 cm³/mol. The Balaban J connectivity index is 2.16. The molecule has 1 aromatic carbocycles. The molecule has 6 heteroatoms. The Morgan fingerprint density at radius 3 is 2.50 bits per heavy atom. The second-order valence-corrected chi connectivity index (χ2v) is 3.49. The van der Waals surface area contributed by atoms with Crippen molar-refractivity contribution in [3.05, 3.63) is 42.5 Å². The van der Waals surface area contributed by atoms with E-state index in [2.05, 4.69) is 9.47 Å². The Labute approximate surface area is 102 Å². The minimum atomic E-state index is -2.33. The summed E-state index contributed by atoms with van der Waals surface area (Å²) in [6, 6.07) is 8.22. The summed E-state index contributed by atoms with van der Waals surface area (Å²) in [6.07, 6.45) is 1.76. The van der Waals surface area contributed by atoms with Gasteiger partial charge in [-0.25, -0.2) is 9.59 Å². The van der Waals surface area contributed by atoms with Crippen LogP contribution in [0, 0.1) is 0 Å². The smallest absolute Gasteiger partial charge is 0.408 e. The summed E-state index contributed by atoms with van der Waals surface area (Å²) in [5.74, 6) is -3.72. The number of carbonyl (C=O) groups excluding carboxylic acids is 2. The van der Waals surface area contributed by atoms with Crippen molar-refractivity contribution in [1.29, 1.82) is 0 Å². The highest BCUT2D eigenvalue weighted by Crippen LogP contribution is 2.19. The highest BCUT2D eigenvalue weighted by Gasteiger charge is 2.37. The van der Waals surface area contributed by atoms with Crippen LogP contribution in [-0.4, -0.2) is 29.6 Å². The van der Waals surface area contributed by atoms with Gasteiger partial charge < -0.3 is 19.3 Å². The first-order valence-electron chi connectivity index (χ1n) is 5.12. The van der Waals surface area contributed by atoms with Crippen molar-refractivity contribution in [2.75, 3.05) is 6.61 Å². The van der Waals surface area contributed by atoms with E-state index in [1.807, 2.05) is 0 Å². The molecule has 1 unspecified atom stereocenters. The van der Waals surface area contributed by atoms with Crippen LogP contribution in [0.2, 0.25) is 0 Å². The lowest BCUT2D eigenvalue weighted by Gasteiger charge is -2.27. The number of ether oxygens (including phenoxy) is 3. The molecule has 0 radical (unpaired) electrons. The van der Waals surface area contributed by atoms with Crippen LogP contribution in [0.1, 0.15) is 0 Å². The van der Waals surface area contributed by atoms with Gasteiger partial charge in [0, 0.05) is 12.2 Å². The Bertz CT molecular complexity index is 481. The van der Waals surface area contributed by atoms with Crippen molar-refractivity contribution in [3.63, 3.8) is 0 Å². The lowest BCUT2D eigenvalue weighted by atomic mass is 10.3. The lowest BCUT2D eigenvalue weighted by molar-refractivity contribution is -0.315. The summed E-state index contributed by atoms with van der Waals surface area (Å²) < 4.78 is 14.4. The van der Waals surface area contributed by atoms with Crippen LogP contribution in [0.25, 0.3) is 0 Å². The van der Waals surface area contributed by atoms with Crippen LogP contribution in [-0.2, 0) is 19.1 Å². The molecule has 18 heavy (non-hydrogen) atoms. The van der Waals surface area contributed by atoms with Crippen LogP contribution in [0.3, 0.4) is 0 Å². The molecule has 1 N–H and O–H groups in total. The van der Waals surface area contributed by atoms with E-state index in [-0.39, 0.29) is 5.75 Å². The molecule has 1 heterocycles. The molecule has 0 aliphatic carbocycles. The molecule has 0 saturated carbocycles. The van der Waals surface area contributed by atoms with Gasteiger partial charge in [0.1, 0.15) is 5.75 Å². The van der Waals surface area contributed by atoms with E-state index in [0.29, 0.717) is 0 Å². The van der Waals surface area contributed by atoms with Gasteiger partial charge in [0.05, 0.1) is 0 Å². The standard InChI is InChI=1S/C12H10O6/c13-10-6-7-11(14)18-12(15,8-16-10)17-9-4-2-1-3-5-9/h1-7,15H,8H2/b7-6-. The molecule has 0 amide bonds.